The fourth-order valence-corrected chi connectivity index (χ4v) is 1.85. The minimum atomic E-state index is 0.508. The second kappa shape index (κ2) is 3.56. The molecule has 0 aliphatic heterocycles. The van der Waals surface area contributed by atoms with E-state index >= 15 is 0 Å². The van der Waals surface area contributed by atoms with Gasteiger partial charge in [-0.3, -0.25) is 4.68 Å². The molecule has 0 bridgehead atoms. The molecule has 0 unspecified atom stereocenters. The molecule has 0 aromatic carbocycles. The molecule has 4 nitrogen and oxygen atoms in total. The first-order chi connectivity index (χ1) is 7.72. The molecule has 0 amide bonds. The van der Waals surface area contributed by atoms with Crippen LogP contribution in [-0.2, 0) is 7.05 Å². The van der Waals surface area contributed by atoms with Gasteiger partial charge in [-0.15, -0.1) is 0 Å². The Hall–Kier alpha value is -1.42. The number of rotatable bonds is 2. The third kappa shape index (κ3) is 1.80. The molecule has 2 aromatic heterocycles. The standard InChI is InChI=1S/C11H11ClN4/c1-16-6-8(5-13-16)9-4-10(12)15-11(14-9)7-2-3-7/h4-7H,2-3H2,1H3. The molecule has 1 aliphatic carbocycles. The molecule has 1 saturated carbocycles. The van der Waals surface area contributed by atoms with Gasteiger partial charge in [-0.2, -0.15) is 5.10 Å². The first-order valence-corrected chi connectivity index (χ1v) is 5.63. The van der Waals surface area contributed by atoms with Gasteiger partial charge in [0.25, 0.3) is 0 Å². The molecule has 0 saturated heterocycles. The molecule has 3 rings (SSSR count). The molecule has 16 heavy (non-hydrogen) atoms. The van der Waals surface area contributed by atoms with Crippen LogP contribution >= 0.6 is 11.6 Å². The van der Waals surface area contributed by atoms with E-state index in [0.717, 1.165) is 17.1 Å². The molecule has 1 aliphatic rings. The van der Waals surface area contributed by atoms with Crippen LogP contribution in [0.4, 0.5) is 0 Å². The van der Waals surface area contributed by atoms with Gasteiger partial charge in [-0.25, -0.2) is 9.97 Å². The van der Waals surface area contributed by atoms with Crippen molar-refractivity contribution in [2.24, 2.45) is 7.05 Å². The Morgan fingerprint density at radius 2 is 2.19 bits per heavy atom. The maximum absolute atomic E-state index is 6.00. The summed E-state index contributed by atoms with van der Waals surface area (Å²) in [6.45, 7) is 0. The van der Waals surface area contributed by atoms with Crippen LogP contribution in [0.15, 0.2) is 18.5 Å². The van der Waals surface area contributed by atoms with Crippen molar-refractivity contribution in [3.05, 3.63) is 29.4 Å². The van der Waals surface area contributed by atoms with Crippen LogP contribution in [0.2, 0.25) is 5.15 Å². The van der Waals surface area contributed by atoms with Crippen LogP contribution in [-0.4, -0.2) is 19.7 Å². The van der Waals surface area contributed by atoms with E-state index in [1.54, 1.807) is 16.9 Å². The van der Waals surface area contributed by atoms with Crippen LogP contribution in [0.25, 0.3) is 11.3 Å². The summed E-state index contributed by atoms with van der Waals surface area (Å²) in [5, 5.41) is 4.64. The number of nitrogens with zero attached hydrogens (tertiary/aromatic N) is 4. The highest BCUT2D eigenvalue weighted by atomic mass is 35.5. The van der Waals surface area contributed by atoms with Gasteiger partial charge in [0, 0.05) is 30.8 Å². The molecular weight excluding hydrogens is 224 g/mol. The number of aromatic nitrogens is 4. The van der Waals surface area contributed by atoms with E-state index in [1.165, 1.54) is 12.8 Å². The Kier molecular flexibility index (Phi) is 2.17. The van der Waals surface area contributed by atoms with Crippen molar-refractivity contribution >= 4 is 11.6 Å². The van der Waals surface area contributed by atoms with Crippen LogP contribution in [0, 0.1) is 0 Å². The Morgan fingerprint density at radius 3 is 2.81 bits per heavy atom. The predicted octanol–water partition coefficient (Wildman–Crippen LogP) is 2.41. The topological polar surface area (TPSA) is 43.6 Å². The van der Waals surface area contributed by atoms with Crippen molar-refractivity contribution in [1.29, 1.82) is 0 Å². The third-order valence-electron chi connectivity index (χ3n) is 2.66. The highest BCUT2D eigenvalue weighted by Gasteiger charge is 2.27. The van der Waals surface area contributed by atoms with E-state index in [9.17, 15) is 0 Å². The Balaban J connectivity index is 2.06. The Bertz CT molecular complexity index is 531. The van der Waals surface area contributed by atoms with Crippen molar-refractivity contribution in [2.75, 3.05) is 0 Å². The van der Waals surface area contributed by atoms with Gasteiger partial charge in [0.1, 0.15) is 11.0 Å². The van der Waals surface area contributed by atoms with Gasteiger partial charge in [-0.05, 0) is 12.8 Å². The zero-order chi connectivity index (χ0) is 11.1. The second-order valence-electron chi connectivity index (χ2n) is 4.11. The molecular formula is C11H11ClN4. The summed E-state index contributed by atoms with van der Waals surface area (Å²) in [4.78, 5) is 8.79. The summed E-state index contributed by atoms with van der Waals surface area (Å²) in [6.07, 6.45) is 6.06. The first kappa shape index (κ1) is 9.78. The predicted molar refractivity (Wildman–Crippen MR) is 61.2 cm³/mol. The monoisotopic (exact) mass is 234 g/mol. The lowest BCUT2D eigenvalue weighted by molar-refractivity contribution is 0.768. The summed E-state index contributed by atoms with van der Waals surface area (Å²) in [5.74, 6) is 1.38. The first-order valence-electron chi connectivity index (χ1n) is 5.26. The van der Waals surface area contributed by atoms with Gasteiger partial charge >= 0.3 is 0 Å². The van der Waals surface area contributed by atoms with Crippen molar-refractivity contribution in [3.8, 4) is 11.3 Å². The minimum absolute atomic E-state index is 0.508. The highest BCUT2D eigenvalue weighted by Crippen LogP contribution is 2.39. The smallest absolute Gasteiger partial charge is 0.133 e. The fraction of sp³-hybridized carbons (Fsp3) is 0.364. The van der Waals surface area contributed by atoms with Crippen LogP contribution in [0.1, 0.15) is 24.6 Å². The highest BCUT2D eigenvalue weighted by molar-refractivity contribution is 6.29. The third-order valence-corrected chi connectivity index (χ3v) is 2.85. The van der Waals surface area contributed by atoms with E-state index in [-0.39, 0.29) is 0 Å². The van der Waals surface area contributed by atoms with Crippen molar-refractivity contribution in [2.45, 2.75) is 18.8 Å². The molecule has 1 fully saturated rings. The van der Waals surface area contributed by atoms with Crippen molar-refractivity contribution < 1.29 is 0 Å². The minimum Gasteiger partial charge on any atom is -0.275 e. The lowest BCUT2D eigenvalue weighted by Crippen LogP contribution is -1.94. The van der Waals surface area contributed by atoms with E-state index in [2.05, 4.69) is 15.1 Å². The van der Waals surface area contributed by atoms with E-state index in [1.807, 2.05) is 13.2 Å². The summed E-state index contributed by atoms with van der Waals surface area (Å²) >= 11 is 6.00. The molecule has 82 valence electrons. The van der Waals surface area contributed by atoms with Gasteiger partial charge in [0.15, 0.2) is 0 Å². The summed E-state index contributed by atoms with van der Waals surface area (Å²) < 4.78 is 1.75. The number of aryl methyl sites for hydroxylation is 1. The summed E-state index contributed by atoms with van der Waals surface area (Å²) in [6, 6.07) is 1.78. The Labute approximate surface area is 98.3 Å². The van der Waals surface area contributed by atoms with Crippen LogP contribution < -0.4 is 0 Å². The molecule has 0 N–H and O–H groups in total. The average Bonchev–Trinajstić information content (AvgIpc) is 3.01. The van der Waals surface area contributed by atoms with Crippen molar-refractivity contribution in [1.82, 2.24) is 19.7 Å². The second-order valence-corrected chi connectivity index (χ2v) is 4.50. The molecule has 0 radical (unpaired) electrons. The van der Waals surface area contributed by atoms with Gasteiger partial charge in [-0.1, -0.05) is 11.6 Å². The van der Waals surface area contributed by atoms with Crippen LogP contribution in [0.3, 0.4) is 0 Å². The zero-order valence-electron chi connectivity index (χ0n) is 8.89. The largest absolute Gasteiger partial charge is 0.275 e. The molecule has 0 atom stereocenters. The van der Waals surface area contributed by atoms with Gasteiger partial charge < -0.3 is 0 Å². The molecule has 5 heteroatoms. The molecule has 2 aromatic rings. The quantitative estimate of drug-likeness (QED) is 0.750. The zero-order valence-corrected chi connectivity index (χ0v) is 9.65. The lowest BCUT2D eigenvalue weighted by Gasteiger charge is -2.01. The normalized spacial score (nSPS) is 15.4. The fourth-order valence-electron chi connectivity index (χ4n) is 1.66. The van der Waals surface area contributed by atoms with E-state index < -0.39 is 0 Å². The maximum atomic E-state index is 6.00. The number of hydrogen-bond donors (Lipinski definition) is 0. The molecule has 0 spiro atoms. The Morgan fingerprint density at radius 1 is 1.38 bits per heavy atom. The van der Waals surface area contributed by atoms with Crippen molar-refractivity contribution in [3.63, 3.8) is 0 Å². The molecule has 2 heterocycles. The van der Waals surface area contributed by atoms with E-state index in [4.69, 9.17) is 11.6 Å². The van der Waals surface area contributed by atoms with E-state index in [0.29, 0.717) is 11.1 Å². The van der Waals surface area contributed by atoms with Gasteiger partial charge in [0.05, 0.1) is 11.9 Å². The summed E-state index contributed by atoms with van der Waals surface area (Å²) in [5.41, 5.74) is 1.84. The number of hydrogen-bond acceptors (Lipinski definition) is 3. The number of halogens is 1. The maximum Gasteiger partial charge on any atom is 0.133 e. The van der Waals surface area contributed by atoms with Crippen LogP contribution in [0.5, 0.6) is 0 Å². The van der Waals surface area contributed by atoms with Gasteiger partial charge in [0.2, 0.25) is 0 Å². The SMILES string of the molecule is Cn1cc(-c2cc(Cl)nc(C3CC3)n2)cn1. The lowest BCUT2D eigenvalue weighted by atomic mass is 10.2. The average molecular weight is 235 g/mol. The summed E-state index contributed by atoms with van der Waals surface area (Å²) in [7, 11) is 1.88.